The minimum absolute atomic E-state index is 0.176. The van der Waals surface area contributed by atoms with Crippen LogP contribution in [0.1, 0.15) is 27.2 Å². The van der Waals surface area contributed by atoms with Gasteiger partial charge in [0, 0.05) is 6.00 Å². The van der Waals surface area contributed by atoms with Crippen LogP contribution in [0.4, 0.5) is 0 Å². The first-order valence-corrected chi connectivity index (χ1v) is 4.41. The number of ether oxygens (including phenoxy) is 1. The van der Waals surface area contributed by atoms with E-state index in [-0.39, 0.29) is 6.00 Å². The molecule has 1 heterocycles. The second-order valence-electron chi connectivity index (χ2n) is 3.46. The molecule has 2 N–H and O–H groups in total. The van der Waals surface area contributed by atoms with E-state index in [0.717, 1.165) is 6.42 Å². The van der Waals surface area contributed by atoms with Crippen molar-refractivity contribution in [3.63, 3.8) is 0 Å². The lowest BCUT2D eigenvalue weighted by atomic mass is 9.75. The predicted molar refractivity (Wildman–Crippen MR) is 47.2 cm³/mol. The van der Waals surface area contributed by atoms with E-state index in [4.69, 9.17) is 10.4 Å². The molecule has 1 aliphatic rings. The molecule has 0 spiro atoms. The zero-order chi connectivity index (χ0) is 8.43. The Labute approximate surface area is 69.8 Å². The van der Waals surface area contributed by atoms with E-state index in [0.29, 0.717) is 17.9 Å². The van der Waals surface area contributed by atoms with Crippen molar-refractivity contribution in [1.82, 2.24) is 0 Å². The standard InChI is InChI=1S/C8H17BNO/c1-4-7-5(2)6(3)8(9-10)11-7/h5-8H,4,10H2,1-3H3. The average molecular weight is 154 g/mol. The second-order valence-corrected chi connectivity index (χ2v) is 3.46. The van der Waals surface area contributed by atoms with Crippen LogP contribution in [0.5, 0.6) is 0 Å². The summed E-state index contributed by atoms with van der Waals surface area (Å²) in [5.41, 5.74) is 5.45. The van der Waals surface area contributed by atoms with Gasteiger partial charge in [-0.05, 0) is 18.3 Å². The fourth-order valence-electron chi connectivity index (χ4n) is 1.78. The fourth-order valence-corrected chi connectivity index (χ4v) is 1.78. The maximum atomic E-state index is 5.70. The monoisotopic (exact) mass is 154 g/mol. The Bertz CT molecular complexity index is 113. The van der Waals surface area contributed by atoms with Gasteiger partial charge in [0.25, 0.3) is 0 Å². The SMILES string of the molecule is CCC1OC([B]N)C(C)C1C. The normalized spacial score (nSPS) is 44.4. The molecule has 1 radical (unpaired) electrons. The summed E-state index contributed by atoms with van der Waals surface area (Å²) in [5.74, 6) is 1.22. The van der Waals surface area contributed by atoms with Crippen LogP contribution in [0.25, 0.3) is 0 Å². The second kappa shape index (κ2) is 3.59. The van der Waals surface area contributed by atoms with Gasteiger partial charge in [0.1, 0.15) is 0 Å². The molecule has 2 nitrogen and oxygen atoms in total. The van der Waals surface area contributed by atoms with Crippen molar-refractivity contribution in [2.45, 2.75) is 39.3 Å². The molecule has 0 amide bonds. The van der Waals surface area contributed by atoms with Gasteiger partial charge in [-0.2, -0.15) is 0 Å². The van der Waals surface area contributed by atoms with Crippen molar-refractivity contribution in [2.24, 2.45) is 17.5 Å². The Kier molecular flexibility index (Phi) is 2.96. The van der Waals surface area contributed by atoms with E-state index in [9.17, 15) is 0 Å². The highest BCUT2D eigenvalue weighted by Gasteiger charge is 2.37. The molecule has 1 aliphatic heterocycles. The smallest absolute Gasteiger partial charge is 0.238 e. The molecule has 63 valence electrons. The van der Waals surface area contributed by atoms with E-state index >= 15 is 0 Å². The van der Waals surface area contributed by atoms with Crippen LogP contribution in [-0.2, 0) is 4.74 Å². The third-order valence-electron chi connectivity index (χ3n) is 2.86. The largest absolute Gasteiger partial charge is 0.382 e. The molecule has 0 saturated carbocycles. The molecule has 0 aromatic carbocycles. The number of rotatable bonds is 2. The molecular weight excluding hydrogens is 137 g/mol. The van der Waals surface area contributed by atoms with Crippen molar-refractivity contribution >= 4 is 7.41 Å². The number of hydrogen-bond acceptors (Lipinski definition) is 2. The van der Waals surface area contributed by atoms with Gasteiger partial charge < -0.3 is 10.4 Å². The summed E-state index contributed by atoms with van der Waals surface area (Å²) < 4.78 is 5.70. The number of hydrogen-bond donors (Lipinski definition) is 1. The fraction of sp³-hybridized carbons (Fsp3) is 1.00. The number of nitrogens with two attached hydrogens (primary N) is 1. The third-order valence-corrected chi connectivity index (χ3v) is 2.86. The van der Waals surface area contributed by atoms with Crippen LogP contribution in [-0.4, -0.2) is 19.5 Å². The Balaban J connectivity index is 2.53. The van der Waals surface area contributed by atoms with Crippen molar-refractivity contribution in [2.75, 3.05) is 0 Å². The molecule has 4 atom stereocenters. The van der Waals surface area contributed by atoms with E-state index < -0.39 is 0 Å². The molecule has 1 fully saturated rings. The van der Waals surface area contributed by atoms with Crippen LogP contribution >= 0.6 is 0 Å². The van der Waals surface area contributed by atoms with Crippen molar-refractivity contribution < 1.29 is 4.74 Å². The molecule has 0 aromatic rings. The maximum Gasteiger partial charge on any atom is 0.238 e. The van der Waals surface area contributed by atoms with Gasteiger partial charge in [-0.1, -0.05) is 20.8 Å². The summed E-state index contributed by atoms with van der Waals surface area (Å²) in [5, 5.41) is 0. The van der Waals surface area contributed by atoms with Crippen LogP contribution < -0.4 is 5.64 Å². The molecule has 11 heavy (non-hydrogen) atoms. The van der Waals surface area contributed by atoms with Crippen LogP contribution in [0.15, 0.2) is 0 Å². The van der Waals surface area contributed by atoms with E-state index in [1.165, 1.54) is 0 Å². The Morgan fingerprint density at radius 1 is 1.36 bits per heavy atom. The highest BCUT2D eigenvalue weighted by atomic mass is 16.5. The summed E-state index contributed by atoms with van der Waals surface area (Å²) in [6.07, 6.45) is 1.50. The quantitative estimate of drug-likeness (QED) is 0.601. The van der Waals surface area contributed by atoms with E-state index in [1.807, 2.05) is 0 Å². The molecule has 4 unspecified atom stereocenters. The molecular formula is C8H17BNO. The van der Waals surface area contributed by atoms with Gasteiger partial charge in [-0.25, -0.2) is 0 Å². The van der Waals surface area contributed by atoms with Crippen LogP contribution in [0.2, 0.25) is 0 Å². The van der Waals surface area contributed by atoms with E-state index in [2.05, 4.69) is 20.8 Å². The van der Waals surface area contributed by atoms with Crippen LogP contribution in [0.3, 0.4) is 0 Å². The summed E-state index contributed by atoms with van der Waals surface area (Å²) in [4.78, 5) is 0. The van der Waals surface area contributed by atoms with Gasteiger partial charge in [0.2, 0.25) is 7.41 Å². The Morgan fingerprint density at radius 3 is 2.27 bits per heavy atom. The first-order valence-electron chi connectivity index (χ1n) is 4.41. The lowest BCUT2D eigenvalue weighted by Crippen LogP contribution is -2.29. The van der Waals surface area contributed by atoms with E-state index in [1.54, 1.807) is 7.41 Å². The lowest BCUT2D eigenvalue weighted by Gasteiger charge is -2.13. The first kappa shape index (κ1) is 9.08. The first-order chi connectivity index (χ1) is 5.20. The van der Waals surface area contributed by atoms with Crippen molar-refractivity contribution in [3.05, 3.63) is 0 Å². The lowest BCUT2D eigenvalue weighted by molar-refractivity contribution is 0.0680. The minimum atomic E-state index is 0.176. The molecule has 0 aliphatic carbocycles. The molecule has 0 aromatic heterocycles. The minimum Gasteiger partial charge on any atom is -0.382 e. The van der Waals surface area contributed by atoms with Gasteiger partial charge in [0.05, 0.1) is 6.10 Å². The molecule has 3 heteroatoms. The topological polar surface area (TPSA) is 35.2 Å². The summed E-state index contributed by atoms with van der Waals surface area (Å²) in [6, 6.07) is 0.176. The van der Waals surface area contributed by atoms with Crippen molar-refractivity contribution in [1.29, 1.82) is 0 Å². The molecule has 1 saturated heterocycles. The zero-order valence-electron chi connectivity index (χ0n) is 7.58. The Hall–Kier alpha value is -0.0151. The van der Waals surface area contributed by atoms with Gasteiger partial charge in [0.15, 0.2) is 0 Å². The maximum absolute atomic E-state index is 5.70. The molecule has 0 bridgehead atoms. The van der Waals surface area contributed by atoms with Gasteiger partial charge in [-0.3, -0.25) is 0 Å². The predicted octanol–water partition coefficient (Wildman–Crippen LogP) is 0.971. The molecule has 1 rings (SSSR count). The summed E-state index contributed by atoms with van der Waals surface area (Å²) >= 11 is 0. The van der Waals surface area contributed by atoms with Crippen LogP contribution in [0, 0.1) is 11.8 Å². The summed E-state index contributed by atoms with van der Waals surface area (Å²) in [7, 11) is 1.68. The Morgan fingerprint density at radius 2 is 2.00 bits per heavy atom. The van der Waals surface area contributed by atoms with Gasteiger partial charge in [-0.15, -0.1) is 0 Å². The zero-order valence-corrected chi connectivity index (χ0v) is 7.58. The third kappa shape index (κ3) is 1.59. The average Bonchev–Trinajstić information content (AvgIpc) is 2.30. The van der Waals surface area contributed by atoms with Gasteiger partial charge >= 0.3 is 0 Å². The summed E-state index contributed by atoms with van der Waals surface area (Å²) in [6.45, 7) is 6.60. The highest BCUT2D eigenvalue weighted by molar-refractivity contribution is 6.33. The van der Waals surface area contributed by atoms with Crippen molar-refractivity contribution in [3.8, 4) is 0 Å². The highest BCUT2D eigenvalue weighted by Crippen LogP contribution is 2.32.